The van der Waals surface area contributed by atoms with Crippen molar-refractivity contribution in [2.45, 2.75) is 6.92 Å². The summed E-state index contributed by atoms with van der Waals surface area (Å²) in [7, 11) is 0. The Kier molecular flexibility index (Phi) is 4.44. The molecule has 5 nitrogen and oxygen atoms in total. The van der Waals surface area contributed by atoms with Crippen LogP contribution in [0.2, 0.25) is 0 Å². The van der Waals surface area contributed by atoms with Gasteiger partial charge in [-0.3, -0.25) is 14.7 Å². The first kappa shape index (κ1) is 13.9. The molecule has 0 aromatic carbocycles. The fourth-order valence-corrected chi connectivity index (χ4v) is 2.37. The van der Waals surface area contributed by atoms with Gasteiger partial charge < -0.3 is 10.6 Å². The number of carbonyl (C=O) groups is 1. The smallest absolute Gasteiger partial charge is 0.255 e. The zero-order valence-corrected chi connectivity index (χ0v) is 11.8. The number of carbonyl (C=O) groups excluding carboxylic acids is 1. The second kappa shape index (κ2) is 6.08. The molecule has 102 valence electrons. The average molecular weight is 278 g/mol. The van der Waals surface area contributed by atoms with Crippen LogP contribution in [0.4, 0.5) is 0 Å². The summed E-state index contributed by atoms with van der Waals surface area (Å²) in [6, 6.07) is 1.87. The quantitative estimate of drug-likeness (QED) is 0.813. The molecule has 1 aliphatic rings. The van der Waals surface area contributed by atoms with Gasteiger partial charge in [-0.25, -0.2) is 0 Å². The zero-order valence-electron chi connectivity index (χ0n) is 11.0. The molecule has 19 heavy (non-hydrogen) atoms. The molecular formula is C13H18N4OS. The van der Waals surface area contributed by atoms with Crippen LogP contribution in [-0.4, -0.2) is 58.4 Å². The highest BCUT2D eigenvalue weighted by Crippen LogP contribution is 2.09. The van der Waals surface area contributed by atoms with Crippen molar-refractivity contribution in [2.24, 2.45) is 5.73 Å². The summed E-state index contributed by atoms with van der Waals surface area (Å²) in [5, 5.41) is 0. The molecule has 1 fully saturated rings. The molecule has 6 heteroatoms. The molecule has 0 spiro atoms. The Hall–Kier alpha value is -1.53. The van der Waals surface area contributed by atoms with Crippen LogP contribution in [0.25, 0.3) is 0 Å². The van der Waals surface area contributed by atoms with Crippen molar-refractivity contribution in [1.82, 2.24) is 14.8 Å². The Bertz CT molecular complexity index is 483. The molecule has 2 N–H and O–H groups in total. The van der Waals surface area contributed by atoms with Crippen molar-refractivity contribution in [3.8, 4) is 0 Å². The van der Waals surface area contributed by atoms with E-state index >= 15 is 0 Å². The van der Waals surface area contributed by atoms with E-state index in [1.165, 1.54) is 0 Å². The van der Waals surface area contributed by atoms with E-state index in [2.05, 4.69) is 9.88 Å². The van der Waals surface area contributed by atoms with Gasteiger partial charge in [0.2, 0.25) is 0 Å². The lowest BCUT2D eigenvalue weighted by Crippen LogP contribution is -2.50. The number of amides is 1. The molecule has 0 aliphatic carbocycles. The summed E-state index contributed by atoms with van der Waals surface area (Å²) in [4.78, 5) is 20.9. The molecule has 0 bridgehead atoms. The number of thiocarbonyl (C=S) groups is 1. The highest BCUT2D eigenvalue weighted by atomic mass is 32.1. The molecule has 2 rings (SSSR count). The van der Waals surface area contributed by atoms with Gasteiger partial charge in [0.15, 0.2) is 0 Å². The van der Waals surface area contributed by atoms with E-state index in [1.807, 2.05) is 17.9 Å². The van der Waals surface area contributed by atoms with E-state index < -0.39 is 0 Å². The number of rotatable bonds is 3. The van der Waals surface area contributed by atoms with Gasteiger partial charge in [0.1, 0.15) is 0 Å². The maximum Gasteiger partial charge on any atom is 0.255 e. The summed E-state index contributed by atoms with van der Waals surface area (Å²) in [5.41, 5.74) is 7.18. The Morgan fingerprint density at radius 3 is 2.63 bits per heavy atom. The zero-order chi connectivity index (χ0) is 13.8. The molecule has 1 aliphatic heterocycles. The maximum absolute atomic E-state index is 12.3. The van der Waals surface area contributed by atoms with Crippen LogP contribution in [0.3, 0.4) is 0 Å². The SMILES string of the molecule is Cc1cncc(C(=O)N2CCN(CC(N)=S)CC2)c1. The first-order chi connectivity index (χ1) is 9.06. The minimum atomic E-state index is 0.0474. The van der Waals surface area contributed by atoms with Crippen LogP contribution in [0.1, 0.15) is 15.9 Å². The third kappa shape index (κ3) is 3.71. The molecule has 2 heterocycles. The van der Waals surface area contributed by atoms with Crippen LogP contribution in [0.15, 0.2) is 18.5 Å². The van der Waals surface area contributed by atoms with Gasteiger partial charge in [-0.15, -0.1) is 0 Å². The van der Waals surface area contributed by atoms with E-state index in [0.29, 0.717) is 30.2 Å². The predicted octanol–water partition coefficient (Wildman–Crippen LogP) is 0.434. The number of piperazine rings is 1. The summed E-state index contributed by atoms with van der Waals surface area (Å²) >= 11 is 4.90. The monoisotopic (exact) mass is 278 g/mol. The Morgan fingerprint density at radius 1 is 1.37 bits per heavy atom. The summed E-state index contributed by atoms with van der Waals surface area (Å²) in [6.45, 7) is 5.59. The van der Waals surface area contributed by atoms with E-state index in [0.717, 1.165) is 18.7 Å². The van der Waals surface area contributed by atoms with E-state index in [9.17, 15) is 4.79 Å². The van der Waals surface area contributed by atoms with Crippen molar-refractivity contribution in [2.75, 3.05) is 32.7 Å². The predicted molar refractivity (Wildman–Crippen MR) is 78.1 cm³/mol. The van der Waals surface area contributed by atoms with Crippen molar-refractivity contribution in [1.29, 1.82) is 0 Å². The van der Waals surface area contributed by atoms with Gasteiger partial charge in [0.25, 0.3) is 5.91 Å². The van der Waals surface area contributed by atoms with Crippen LogP contribution >= 0.6 is 12.2 Å². The van der Waals surface area contributed by atoms with Crippen LogP contribution in [0, 0.1) is 6.92 Å². The van der Waals surface area contributed by atoms with Crippen LogP contribution in [-0.2, 0) is 0 Å². The fourth-order valence-electron chi connectivity index (χ4n) is 2.18. The summed E-state index contributed by atoms with van der Waals surface area (Å²) in [6.07, 6.45) is 3.37. The molecule has 0 radical (unpaired) electrons. The number of aryl methyl sites for hydroxylation is 1. The number of hydrogen-bond donors (Lipinski definition) is 1. The van der Waals surface area contributed by atoms with Crippen LogP contribution < -0.4 is 5.73 Å². The lowest BCUT2D eigenvalue weighted by Gasteiger charge is -2.34. The second-order valence-electron chi connectivity index (χ2n) is 4.79. The number of nitrogens with two attached hydrogens (primary N) is 1. The third-order valence-electron chi connectivity index (χ3n) is 3.16. The fraction of sp³-hybridized carbons (Fsp3) is 0.462. The highest BCUT2D eigenvalue weighted by Gasteiger charge is 2.22. The highest BCUT2D eigenvalue weighted by molar-refractivity contribution is 7.80. The first-order valence-electron chi connectivity index (χ1n) is 6.28. The second-order valence-corrected chi connectivity index (χ2v) is 5.31. The minimum Gasteiger partial charge on any atom is -0.392 e. The lowest BCUT2D eigenvalue weighted by atomic mass is 10.2. The molecule has 1 aromatic rings. The van der Waals surface area contributed by atoms with E-state index in [4.69, 9.17) is 18.0 Å². The van der Waals surface area contributed by atoms with Crippen molar-refractivity contribution < 1.29 is 4.79 Å². The molecule has 1 aromatic heterocycles. The van der Waals surface area contributed by atoms with Gasteiger partial charge in [-0.2, -0.15) is 0 Å². The van der Waals surface area contributed by atoms with Gasteiger partial charge in [-0.05, 0) is 18.6 Å². The molecule has 1 saturated heterocycles. The molecule has 0 atom stereocenters. The third-order valence-corrected chi connectivity index (χ3v) is 3.29. The average Bonchev–Trinajstić information content (AvgIpc) is 2.38. The molecular weight excluding hydrogens is 260 g/mol. The summed E-state index contributed by atoms with van der Waals surface area (Å²) < 4.78 is 0. The van der Waals surface area contributed by atoms with Crippen molar-refractivity contribution in [3.63, 3.8) is 0 Å². The van der Waals surface area contributed by atoms with E-state index in [1.54, 1.807) is 12.4 Å². The van der Waals surface area contributed by atoms with Gasteiger partial charge in [0, 0.05) is 45.1 Å². The number of aromatic nitrogens is 1. The number of nitrogens with zero attached hydrogens (tertiary/aromatic N) is 3. The standard InChI is InChI=1S/C13H18N4OS/c1-10-6-11(8-15-7-10)13(18)17-4-2-16(3-5-17)9-12(14)19/h6-8H,2-5,9H2,1H3,(H2,14,19). The normalized spacial score (nSPS) is 16.4. The number of hydrogen-bond acceptors (Lipinski definition) is 4. The Balaban J connectivity index is 1.94. The topological polar surface area (TPSA) is 62.5 Å². The first-order valence-corrected chi connectivity index (χ1v) is 6.68. The summed E-state index contributed by atoms with van der Waals surface area (Å²) in [5.74, 6) is 0.0474. The van der Waals surface area contributed by atoms with Gasteiger partial charge >= 0.3 is 0 Å². The van der Waals surface area contributed by atoms with Gasteiger partial charge in [0.05, 0.1) is 10.6 Å². The van der Waals surface area contributed by atoms with Gasteiger partial charge in [-0.1, -0.05) is 12.2 Å². The van der Waals surface area contributed by atoms with Crippen LogP contribution in [0.5, 0.6) is 0 Å². The Morgan fingerprint density at radius 2 is 2.05 bits per heavy atom. The molecule has 1 amide bonds. The minimum absolute atomic E-state index is 0.0474. The van der Waals surface area contributed by atoms with E-state index in [-0.39, 0.29) is 5.91 Å². The molecule has 0 saturated carbocycles. The molecule has 0 unspecified atom stereocenters. The van der Waals surface area contributed by atoms with Crippen molar-refractivity contribution in [3.05, 3.63) is 29.6 Å². The lowest BCUT2D eigenvalue weighted by molar-refractivity contribution is 0.0654. The largest absolute Gasteiger partial charge is 0.392 e. The Labute approximate surface area is 118 Å². The van der Waals surface area contributed by atoms with Crippen molar-refractivity contribution >= 4 is 23.1 Å². The number of pyridine rings is 1. The maximum atomic E-state index is 12.3.